The first-order chi connectivity index (χ1) is 7.50. The fraction of sp³-hybridized carbons (Fsp3) is 0.455. The summed E-state index contributed by atoms with van der Waals surface area (Å²) in [6.07, 6.45) is 1.92. The van der Waals surface area contributed by atoms with E-state index in [1.807, 2.05) is 0 Å². The van der Waals surface area contributed by atoms with E-state index >= 15 is 0 Å². The van der Waals surface area contributed by atoms with E-state index in [0.717, 1.165) is 12.8 Å². The van der Waals surface area contributed by atoms with Crippen molar-refractivity contribution < 1.29 is 9.66 Å². The van der Waals surface area contributed by atoms with E-state index in [9.17, 15) is 10.1 Å². The van der Waals surface area contributed by atoms with Crippen molar-refractivity contribution in [1.82, 2.24) is 0 Å². The van der Waals surface area contributed by atoms with Crippen LogP contribution >= 0.6 is 12.4 Å². The van der Waals surface area contributed by atoms with E-state index < -0.39 is 4.92 Å². The van der Waals surface area contributed by atoms with Crippen molar-refractivity contribution >= 4 is 18.1 Å². The van der Waals surface area contributed by atoms with E-state index in [1.54, 1.807) is 19.1 Å². The van der Waals surface area contributed by atoms with Gasteiger partial charge in [-0.1, -0.05) is 0 Å². The minimum atomic E-state index is -0.405. The zero-order chi connectivity index (χ0) is 11.8. The second kappa shape index (κ2) is 4.89. The van der Waals surface area contributed by atoms with Crippen LogP contribution in [0.25, 0.3) is 0 Å². The normalized spacial score (nSPS) is 15.9. The summed E-state index contributed by atoms with van der Waals surface area (Å²) >= 11 is 0. The average Bonchev–Trinajstić information content (AvgIpc) is 2.96. The minimum Gasteiger partial charge on any atom is -0.491 e. The molecular weight excluding hydrogens is 244 g/mol. The molecule has 1 aliphatic rings. The number of hydrogen-bond donors (Lipinski definition) is 1. The van der Waals surface area contributed by atoms with Gasteiger partial charge in [0, 0.05) is 5.56 Å². The van der Waals surface area contributed by atoms with Crippen LogP contribution in [0.2, 0.25) is 0 Å². The van der Waals surface area contributed by atoms with E-state index in [1.165, 1.54) is 6.07 Å². The molecule has 2 N–H and O–H groups in total. The van der Waals surface area contributed by atoms with Crippen LogP contribution < -0.4 is 10.5 Å². The van der Waals surface area contributed by atoms with Gasteiger partial charge in [0.1, 0.15) is 12.4 Å². The van der Waals surface area contributed by atoms with Gasteiger partial charge in [-0.2, -0.15) is 0 Å². The number of rotatable bonds is 4. The fourth-order valence-corrected chi connectivity index (χ4v) is 1.41. The number of ether oxygens (including phenoxy) is 1. The lowest BCUT2D eigenvalue weighted by atomic mass is 10.2. The smallest absolute Gasteiger partial charge is 0.276 e. The molecule has 0 spiro atoms. The van der Waals surface area contributed by atoms with E-state index in [2.05, 4.69) is 0 Å². The maximum Gasteiger partial charge on any atom is 0.276 e. The molecule has 0 atom stereocenters. The number of nitro groups is 1. The SMILES string of the molecule is Cc1ccc(OCC2(N)CC2)cc1[N+](=O)[O-].Cl. The Balaban J connectivity index is 0.00000144. The number of aryl methyl sites for hydroxylation is 1. The van der Waals surface area contributed by atoms with Crippen molar-refractivity contribution in [1.29, 1.82) is 0 Å². The van der Waals surface area contributed by atoms with Crippen LogP contribution in [-0.2, 0) is 0 Å². The molecule has 0 aliphatic heterocycles. The molecule has 0 saturated heterocycles. The monoisotopic (exact) mass is 258 g/mol. The largest absolute Gasteiger partial charge is 0.491 e. The maximum absolute atomic E-state index is 10.7. The zero-order valence-electron chi connectivity index (χ0n) is 9.51. The molecule has 2 rings (SSSR count). The fourth-order valence-electron chi connectivity index (χ4n) is 1.41. The van der Waals surface area contributed by atoms with Crippen molar-refractivity contribution in [3.8, 4) is 5.75 Å². The highest BCUT2D eigenvalue weighted by atomic mass is 35.5. The van der Waals surface area contributed by atoms with Gasteiger partial charge in [0.2, 0.25) is 0 Å². The van der Waals surface area contributed by atoms with Gasteiger partial charge >= 0.3 is 0 Å². The lowest BCUT2D eigenvalue weighted by Crippen LogP contribution is -2.29. The number of benzene rings is 1. The third-order valence-corrected chi connectivity index (χ3v) is 2.80. The number of hydrogen-bond acceptors (Lipinski definition) is 4. The molecule has 0 bridgehead atoms. The molecule has 6 heteroatoms. The van der Waals surface area contributed by atoms with Gasteiger partial charge in [0.15, 0.2) is 0 Å². The second-order valence-corrected chi connectivity index (χ2v) is 4.36. The Hall–Kier alpha value is -1.33. The van der Waals surface area contributed by atoms with E-state index in [-0.39, 0.29) is 23.6 Å². The summed E-state index contributed by atoms with van der Waals surface area (Å²) in [5, 5.41) is 10.7. The van der Waals surface area contributed by atoms with Crippen LogP contribution in [0.3, 0.4) is 0 Å². The predicted octanol–water partition coefficient (Wildman–Crippen LogP) is 2.20. The molecule has 1 aliphatic carbocycles. The Bertz CT molecular complexity index is 433. The van der Waals surface area contributed by atoms with Gasteiger partial charge in [-0.05, 0) is 31.9 Å². The van der Waals surface area contributed by atoms with Crippen LogP contribution in [-0.4, -0.2) is 17.1 Å². The van der Waals surface area contributed by atoms with Gasteiger partial charge in [0.25, 0.3) is 5.69 Å². The first-order valence-corrected chi connectivity index (χ1v) is 5.17. The molecule has 1 saturated carbocycles. The lowest BCUT2D eigenvalue weighted by Gasteiger charge is -2.11. The van der Waals surface area contributed by atoms with Crippen molar-refractivity contribution in [2.24, 2.45) is 5.73 Å². The summed E-state index contributed by atoms with van der Waals surface area (Å²) in [4.78, 5) is 10.3. The summed E-state index contributed by atoms with van der Waals surface area (Å²) in [5.41, 5.74) is 6.37. The quantitative estimate of drug-likeness (QED) is 0.663. The Morgan fingerprint density at radius 1 is 1.53 bits per heavy atom. The summed E-state index contributed by atoms with van der Waals surface area (Å²) in [7, 11) is 0. The van der Waals surface area contributed by atoms with Crippen LogP contribution in [0.4, 0.5) is 5.69 Å². The van der Waals surface area contributed by atoms with Gasteiger partial charge in [-0.25, -0.2) is 0 Å². The third-order valence-electron chi connectivity index (χ3n) is 2.80. The minimum absolute atomic E-state index is 0. The number of nitrogens with two attached hydrogens (primary N) is 1. The first kappa shape index (κ1) is 13.7. The summed E-state index contributed by atoms with van der Waals surface area (Å²) in [6, 6.07) is 4.86. The summed E-state index contributed by atoms with van der Waals surface area (Å²) in [5.74, 6) is 0.508. The van der Waals surface area contributed by atoms with Gasteiger partial charge < -0.3 is 10.5 Å². The number of nitro benzene ring substituents is 1. The van der Waals surface area contributed by atoms with Crippen LogP contribution in [0.5, 0.6) is 5.75 Å². The molecule has 1 aromatic rings. The summed E-state index contributed by atoms with van der Waals surface area (Å²) in [6.45, 7) is 2.13. The molecule has 0 heterocycles. The standard InChI is InChI=1S/C11H14N2O3.ClH/c1-8-2-3-9(6-10(8)13(14)15)16-7-11(12)4-5-11;/h2-3,6H,4-5,7,12H2,1H3;1H. The molecule has 17 heavy (non-hydrogen) atoms. The lowest BCUT2D eigenvalue weighted by molar-refractivity contribution is -0.385. The third kappa shape index (κ3) is 3.31. The molecular formula is C11H15ClN2O3. The Morgan fingerprint density at radius 2 is 2.18 bits per heavy atom. The van der Waals surface area contributed by atoms with Crippen molar-refractivity contribution in [2.75, 3.05) is 6.61 Å². The topological polar surface area (TPSA) is 78.4 Å². The van der Waals surface area contributed by atoms with E-state index in [4.69, 9.17) is 10.5 Å². The Labute approximate surface area is 106 Å². The zero-order valence-corrected chi connectivity index (χ0v) is 10.3. The van der Waals surface area contributed by atoms with Gasteiger partial charge in [-0.15, -0.1) is 12.4 Å². The van der Waals surface area contributed by atoms with Crippen LogP contribution in [0.1, 0.15) is 18.4 Å². The highest BCUT2D eigenvalue weighted by molar-refractivity contribution is 5.85. The van der Waals surface area contributed by atoms with E-state index in [0.29, 0.717) is 17.9 Å². The van der Waals surface area contributed by atoms with Crippen molar-refractivity contribution in [3.05, 3.63) is 33.9 Å². The molecule has 0 aromatic heterocycles. The Kier molecular flexibility index (Phi) is 3.95. The molecule has 1 aromatic carbocycles. The first-order valence-electron chi connectivity index (χ1n) is 5.17. The van der Waals surface area contributed by atoms with Crippen LogP contribution in [0, 0.1) is 17.0 Å². The van der Waals surface area contributed by atoms with Crippen LogP contribution in [0.15, 0.2) is 18.2 Å². The van der Waals surface area contributed by atoms with Crippen molar-refractivity contribution in [2.45, 2.75) is 25.3 Å². The van der Waals surface area contributed by atoms with Gasteiger partial charge in [-0.3, -0.25) is 10.1 Å². The van der Waals surface area contributed by atoms with Gasteiger partial charge in [0.05, 0.1) is 16.5 Å². The average molecular weight is 259 g/mol. The highest BCUT2D eigenvalue weighted by Crippen LogP contribution is 2.33. The molecule has 1 fully saturated rings. The highest BCUT2D eigenvalue weighted by Gasteiger charge is 2.39. The molecule has 5 nitrogen and oxygen atoms in total. The molecule has 94 valence electrons. The number of nitrogens with zero attached hydrogens (tertiary/aromatic N) is 1. The molecule has 0 amide bonds. The number of halogens is 1. The second-order valence-electron chi connectivity index (χ2n) is 4.36. The summed E-state index contributed by atoms with van der Waals surface area (Å²) < 4.78 is 5.45. The van der Waals surface area contributed by atoms with Crippen molar-refractivity contribution in [3.63, 3.8) is 0 Å². The molecule has 0 radical (unpaired) electrons. The maximum atomic E-state index is 10.7. The molecule has 0 unspecified atom stereocenters. The predicted molar refractivity (Wildman–Crippen MR) is 66.7 cm³/mol. The Morgan fingerprint density at radius 3 is 2.71 bits per heavy atom.